The van der Waals surface area contributed by atoms with Crippen LogP contribution in [-0.4, -0.2) is 40.7 Å². The molecule has 3 rings (SSSR count). The van der Waals surface area contributed by atoms with Gasteiger partial charge in [-0.3, -0.25) is 4.79 Å². The van der Waals surface area contributed by atoms with Crippen LogP contribution in [0.25, 0.3) is 11.0 Å². The van der Waals surface area contributed by atoms with Crippen molar-refractivity contribution in [2.75, 3.05) is 19.9 Å². The number of nitrogens with zero attached hydrogens (tertiary/aromatic N) is 2. The number of nitrogens with one attached hydrogen (secondary N) is 1. The van der Waals surface area contributed by atoms with Gasteiger partial charge in [0.15, 0.2) is 16.7 Å². The number of H-pyrrole nitrogens is 1. The fourth-order valence-electron chi connectivity index (χ4n) is 2.75. The second kappa shape index (κ2) is 8.90. The van der Waals surface area contributed by atoms with Crippen molar-refractivity contribution >= 4 is 28.7 Å². The lowest BCUT2D eigenvalue weighted by molar-refractivity contribution is -0.130. The summed E-state index contributed by atoms with van der Waals surface area (Å²) < 4.78 is 18.7. The summed E-state index contributed by atoms with van der Waals surface area (Å²) in [5.74, 6) is 0.626. The number of para-hydroxylation sites is 2. The van der Waals surface area contributed by atoms with Gasteiger partial charge in [-0.05, 0) is 36.2 Å². The molecule has 0 aliphatic carbocycles. The second-order valence-corrected chi connectivity index (χ2v) is 7.31. The van der Waals surface area contributed by atoms with E-state index in [1.807, 2.05) is 24.3 Å². The molecule has 0 bridgehead atoms. The zero-order valence-corrected chi connectivity index (χ0v) is 16.2. The van der Waals surface area contributed by atoms with E-state index in [0.717, 1.165) is 33.9 Å². The number of aromatic nitrogens is 2. The highest BCUT2D eigenvalue weighted by atomic mass is 32.2. The zero-order valence-electron chi connectivity index (χ0n) is 15.4. The molecule has 0 saturated carbocycles. The predicted octanol–water partition coefficient (Wildman–Crippen LogP) is 4.24. The molecule has 5 nitrogen and oxygen atoms in total. The van der Waals surface area contributed by atoms with Gasteiger partial charge in [0.2, 0.25) is 5.91 Å². The number of benzene rings is 2. The van der Waals surface area contributed by atoms with Crippen LogP contribution in [0.3, 0.4) is 0 Å². The van der Waals surface area contributed by atoms with Crippen LogP contribution in [0.1, 0.15) is 18.4 Å². The number of aromatic amines is 1. The van der Waals surface area contributed by atoms with Crippen molar-refractivity contribution in [1.29, 1.82) is 0 Å². The quantitative estimate of drug-likeness (QED) is 0.464. The Labute approximate surface area is 161 Å². The first-order valence-electron chi connectivity index (χ1n) is 8.71. The largest absolute Gasteiger partial charge is 0.494 e. The highest BCUT2D eigenvalue weighted by molar-refractivity contribution is 7.99. The van der Waals surface area contributed by atoms with Crippen LogP contribution >= 0.6 is 11.8 Å². The van der Waals surface area contributed by atoms with Gasteiger partial charge in [0.1, 0.15) is 0 Å². The summed E-state index contributed by atoms with van der Waals surface area (Å²) in [6.45, 7) is 0.371. The van der Waals surface area contributed by atoms with Crippen molar-refractivity contribution in [2.45, 2.75) is 24.5 Å². The average molecular weight is 387 g/mol. The summed E-state index contributed by atoms with van der Waals surface area (Å²) in [4.78, 5) is 21.7. The van der Waals surface area contributed by atoms with Gasteiger partial charge < -0.3 is 14.6 Å². The molecule has 0 spiro atoms. The van der Waals surface area contributed by atoms with Crippen LogP contribution in [0.2, 0.25) is 0 Å². The van der Waals surface area contributed by atoms with Crippen LogP contribution in [0, 0.1) is 5.82 Å². The van der Waals surface area contributed by atoms with Gasteiger partial charge >= 0.3 is 0 Å². The summed E-state index contributed by atoms with van der Waals surface area (Å²) in [7, 11) is 3.16. The third-order valence-corrected chi connectivity index (χ3v) is 5.16. The van der Waals surface area contributed by atoms with E-state index in [0.29, 0.717) is 13.0 Å². The van der Waals surface area contributed by atoms with Gasteiger partial charge in [-0.1, -0.05) is 30.0 Å². The minimum absolute atomic E-state index is 0.0384. The number of hydrogen-bond acceptors (Lipinski definition) is 4. The van der Waals surface area contributed by atoms with Crippen LogP contribution in [0.5, 0.6) is 5.75 Å². The molecule has 1 aromatic heterocycles. The molecule has 0 atom stereocenters. The molecular weight excluding hydrogens is 365 g/mol. The summed E-state index contributed by atoms with van der Waals surface area (Å²) in [5, 5.41) is 0.866. The van der Waals surface area contributed by atoms with Crippen molar-refractivity contribution < 1.29 is 13.9 Å². The number of carbonyl (C=O) groups is 1. The topological polar surface area (TPSA) is 58.2 Å². The summed E-state index contributed by atoms with van der Waals surface area (Å²) in [5.41, 5.74) is 2.70. The Balaban J connectivity index is 1.43. The molecule has 0 aliphatic rings. The molecule has 1 amide bonds. The number of hydrogen-bond donors (Lipinski definition) is 1. The molecule has 0 aliphatic heterocycles. The molecule has 0 saturated heterocycles. The number of thioether (sulfide) groups is 1. The highest BCUT2D eigenvalue weighted by Crippen LogP contribution is 2.21. The number of methoxy groups -OCH3 is 1. The zero-order chi connectivity index (χ0) is 19.2. The Bertz CT molecular complexity index is 895. The standard InChI is InChI=1S/C20H22FN3O2S/c1-24(13-14-9-10-18(26-2)15(21)12-14)19(25)8-5-11-27-20-22-16-6-3-4-7-17(16)23-20/h3-4,6-7,9-10,12H,5,8,11,13H2,1-2H3,(H,22,23). The number of imidazole rings is 1. The molecule has 3 aromatic rings. The Morgan fingerprint density at radius 1 is 1.30 bits per heavy atom. The minimum atomic E-state index is -0.418. The molecule has 27 heavy (non-hydrogen) atoms. The Kier molecular flexibility index (Phi) is 6.34. The molecular formula is C20H22FN3O2S. The molecule has 7 heteroatoms. The van der Waals surface area contributed by atoms with Crippen molar-refractivity contribution in [3.05, 3.63) is 53.8 Å². The number of rotatable bonds is 8. The monoisotopic (exact) mass is 387 g/mol. The van der Waals surface area contributed by atoms with Gasteiger partial charge in [0.05, 0.1) is 18.1 Å². The normalized spacial score (nSPS) is 10.9. The number of ether oxygens (including phenoxy) is 1. The lowest BCUT2D eigenvalue weighted by atomic mass is 10.2. The van der Waals surface area contributed by atoms with E-state index in [2.05, 4.69) is 9.97 Å². The summed E-state index contributed by atoms with van der Waals surface area (Å²) >= 11 is 1.61. The van der Waals surface area contributed by atoms with Gasteiger partial charge in [0, 0.05) is 25.8 Å². The third-order valence-electron chi connectivity index (χ3n) is 4.20. The molecule has 0 fully saturated rings. The average Bonchev–Trinajstić information content (AvgIpc) is 3.08. The van der Waals surface area contributed by atoms with Crippen LogP contribution in [0.4, 0.5) is 4.39 Å². The van der Waals surface area contributed by atoms with Crippen LogP contribution in [0.15, 0.2) is 47.6 Å². The van der Waals surface area contributed by atoms with Gasteiger partial charge in [-0.2, -0.15) is 0 Å². The van der Waals surface area contributed by atoms with E-state index in [1.54, 1.807) is 35.8 Å². The number of halogens is 1. The molecule has 142 valence electrons. The second-order valence-electron chi connectivity index (χ2n) is 6.23. The molecule has 0 radical (unpaired) electrons. The van der Waals surface area contributed by atoms with E-state index in [9.17, 15) is 9.18 Å². The molecule has 2 aromatic carbocycles. The molecule has 1 heterocycles. The molecule has 1 N–H and O–H groups in total. The maximum absolute atomic E-state index is 13.7. The van der Waals surface area contributed by atoms with Crippen LogP contribution < -0.4 is 4.74 Å². The fraction of sp³-hybridized carbons (Fsp3) is 0.300. The lowest BCUT2D eigenvalue weighted by Gasteiger charge is -2.17. The minimum Gasteiger partial charge on any atom is -0.494 e. The smallest absolute Gasteiger partial charge is 0.222 e. The summed E-state index contributed by atoms with van der Waals surface area (Å²) in [6, 6.07) is 12.6. The molecule has 0 unspecified atom stereocenters. The third kappa shape index (κ3) is 5.01. The lowest BCUT2D eigenvalue weighted by Crippen LogP contribution is -2.26. The first-order valence-corrected chi connectivity index (χ1v) is 9.69. The number of amides is 1. The van der Waals surface area contributed by atoms with E-state index in [4.69, 9.17) is 4.74 Å². The van der Waals surface area contributed by atoms with E-state index in [-0.39, 0.29) is 11.7 Å². The van der Waals surface area contributed by atoms with Gasteiger partial charge in [0.25, 0.3) is 0 Å². The number of fused-ring (bicyclic) bond motifs is 1. The van der Waals surface area contributed by atoms with E-state index >= 15 is 0 Å². The van der Waals surface area contributed by atoms with Crippen LogP contribution in [-0.2, 0) is 11.3 Å². The first-order chi connectivity index (χ1) is 13.1. The van der Waals surface area contributed by atoms with Crippen molar-refractivity contribution in [3.8, 4) is 5.75 Å². The Hall–Kier alpha value is -2.54. The Morgan fingerprint density at radius 2 is 2.11 bits per heavy atom. The SMILES string of the molecule is COc1ccc(CN(C)C(=O)CCCSc2nc3ccccc3[nH]2)cc1F. The predicted molar refractivity (Wildman–Crippen MR) is 105 cm³/mol. The Morgan fingerprint density at radius 3 is 2.85 bits per heavy atom. The fourth-order valence-corrected chi connectivity index (χ4v) is 3.58. The maximum Gasteiger partial charge on any atom is 0.222 e. The number of carbonyl (C=O) groups excluding carboxylic acids is 1. The van der Waals surface area contributed by atoms with E-state index < -0.39 is 5.82 Å². The summed E-state index contributed by atoms with van der Waals surface area (Å²) in [6.07, 6.45) is 1.20. The maximum atomic E-state index is 13.7. The van der Waals surface area contributed by atoms with Gasteiger partial charge in [-0.25, -0.2) is 9.37 Å². The first kappa shape index (κ1) is 19.2. The van der Waals surface area contributed by atoms with Crippen molar-refractivity contribution in [1.82, 2.24) is 14.9 Å². The van der Waals surface area contributed by atoms with E-state index in [1.165, 1.54) is 13.2 Å². The van der Waals surface area contributed by atoms with Gasteiger partial charge in [-0.15, -0.1) is 0 Å². The highest BCUT2D eigenvalue weighted by Gasteiger charge is 2.11. The van der Waals surface area contributed by atoms with Crippen molar-refractivity contribution in [3.63, 3.8) is 0 Å². The van der Waals surface area contributed by atoms with Crippen molar-refractivity contribution in [2.24, 2.45) is 0 Å².